The van der Waals surface area contributed by atoms with E-state index in [1.807, 2.05) is 37.6 Å². The zero-order valence-electron chi connectivity index (χ0n) is 17.1. The molecule has 0 aliphatic carbocycles. The number of halogens is 1. The quantitative estimate of drug-likeness (QED) is 0.650. The van der Waals surface area contributed by atoms with Gasteiger partial charge in [-0.3, -0.25) is 19.4 Å². The number of aromatic nitrogens is 3. The minimum Gasteiger partial charge on any atom is -0.378 e. The van der Waals surface area contributed by atoms with E-state index in [1.54, 1.807) is 10.9 Å². The summed E-state index contributed by atoms with van der Waals surface area (Å²) in [5.41, 5.74) is 0.936. The van der Waals surface area contributed by atoms with E-state index in [1.165, 1.54) is 0 Å². The minimum absolute atomic E-state index is 0.0239. The highest BCUT2D eigenvalue weighted by molar-refractivity contribution is 5.91. The largest absolute Gasteiger partial charge is 0.378 e. The number of ketones is 1. The summed E-state index contributed by atoms with van der Waals surface area (Å²) in [6.07, 6.45) is 6.07. The Morgan fingerprint density at radius 3 is 2.63 bits per heavy atom. The Hall–Kier alpha value is -2.64. The molecule has 5 rings (SSSR count). The van der Waals surface area contributed by atoms with Gasteiger partial charge in [0.15, 0.2) is 11.5 Å². The van der Waals surface area contributed by atoms with Crippen LogP contribution in [0.3, 0.4) is 0 Å². The molecule has 4 heterocycles. The molecule has 2 aliphatic heterocycles. The summed E-state index contributed by atoms with van der Waals surface area (Å²) < 4.78 is 22.4. The molecule has 7 heteroatoms. The van der Waals surface area contributed by atoms with Crippen LogP contribution in [0.2, 0.25) is 0 Å². The molecule has 6 nitrogen and oxygen atoms in total. The fourth-order valence-corrected chi connectivity index (χ4v) is 4.31. The van der Waals surface area contributed by atoms with Crippen molar-refractivity contribution in [2.45, 2.75) is 31.0 Å². The molecule has 0 spiro atoms. The van der Waals surface area contributed by atoms with Crippen LogP contribution in [0.4, 0.5) is 4.39 Å². The van der Waals surface area contributed by atoms with E-state index < -0.39 is 5.67 Å². The Morgan fingerprint density at radius 2 is 1.97 bits per heavy atom. The maximum absolute atomic E-state index is 15.4. The zero-order valence-corrected chi connectivity index (χ0v) is 17.1. The van der Waals surface area contributed by atoms with Gasteiger partial charge in [0.05, 0.1) is 31.9 Å². The molecule has 0 bridgehead atoms. The Bertz CT molecular complexity index is 1080. The molecule has 2 aliphatic rings. The van der Waals surface area contributed by atoms with Crippen molar-refractivity contribution in [1.29, 1.82) is 0 Å². The van der Waals surface area contributed by atoms with Crippen molar-refractivity contribution in [3.63, 3.8) is 0 Å². The second-order valence-electron chi connectivity index (χ2n) is 8.43. The van der Waals surface area contributed by atoms with Crippen LogP contribution in [0, 0.1) is 0 Å². The SMILES string of the molecule is Cn1cc(-c2ccc3cnc(CC(=O)C4(F)CCN(C5COC5)CC4)cc3c2)cn1. The average molecular weight is 408 g/mol. The second-order valence-corrected chi connectivity index (χ2v) is 8.43. The molecule has 2 fully saturated rings. The van der Waals surface area contributed by atoms with Crippen molar-refractivity contribution in [2.24, 2.45) is 7.05 Å². The first kappa shape index (κ1) is 19.3. The van der Waals surface area contributed by atoms with Crippen molar-refractivity contribution < 1.29 is 13.9 Å². The van der Waals surface area contributed by atoms with Crippen molar-refractivity contribution in [1.82, 2.24) is 19.7 Å². The lowest BCUT2D eigenvalue weighted by Gasteiger charge is -2.42. The fraction of sp³-hybridized carbons (Fsp3) is 0.435. The van der Waals surface area contributed by atoms with E-state index in [-0.39, 0.29) is 25.0 Å². The summed E-state index contributed by atoms with van der Waals surface area (Å²) in [6.45, 7) is 2.65. The van der Waals surface area contributed by atoms with E-state index in [0.717, 1.165) is 35.1 Å². The third kappa shape index (κ3) is 3.63. The van der Waals surface area contributed by atoms with Crippen LogP contribution in [-0.4, -0.2) is 63.5 Å². The number of pyridine rings is 1. The van der Waals surface area contributed by atoms with Gasteiger partial charge >= 0.3 is 0 Å². The summed E-state index contributed by atoms with van der Waals surface area (Å²) in [4.78, 5) is 19.5. The Labute approximate surface area is 174 Å². The molecule has 0 amide bonds. The fourth-order valence-electron chi connectivity index (χ4n) is 4.31. The second kappa shape index (κ2) is 7.56. The van der Waals surface area contributed by atoms with Gasteiger partial charge in [-0.2, -0.15) is 5.10 Å². The molecule has 0 N–H and O–H groups in total. The van der Waals surface area contributed by atoms with Gasteiger partial charge in [-0.15, -0.1) is 0 Å². The molecule has 1 aromatic carbocycles. The topological polar surface area (TPSA) is 60.2 Å². The van der Waals surface area contributed by atoms with Gasteiger partial charge in [-0.25, -0.2) is 4.39 Å². The number of Topliss-reactive ketones (excluding diaryl/α,β-unsaturated/α-hetero) is 1. The van der Waals surface area contributed by atoms with Gasteiger partial charge in [0.25, 0.3) is 0 Å². The molecule has 156 valence electrons. The molecular weight excluding hydrogens is 383 g/mol. The molecule has 30 heavy (non-hydrogen) atoms. The molecule has 2 aromatic heterocycles. The molecule has 3 aromatic rings. The van der Waals surface area contributed by atoms with Gasteiger partial charge in [0.1, 0.15) is 0 Å². The Kier molecular flexibility index (Phi) is 4.87. The monoisotopic (exact) mass is 408 g/mol. The number of alkyl halides is 1. The van der Waals surface area contributed by atoms with Crippen molar-refractivity contribution in [2.75, 3.05) is 26.3 Å². The molecule has 0 radical (unpaired) electrons. The normalized spacial score (nSPS) is 19.7. The van der Waals surface area contributed by atoms with Gasteiger partial charge < -0.3 is 4.74 Å². The van der Waals surface area contributed by atoms with E-state index in [0.29, 0.717) is 24.8 Å². The molecule has 0 atom stereocenters. The predicted octanol–water partition coefficient (Wildman–Crippen LogP) is 2.95. The van der Waals surface area contributed by atoms with Gasteiger partial charge in [-0.05, 0) is 23.1 Å². The summed E-state index contributed by atoms with van der Waals surface area (Å²) in [5.74, 6) is -0.359. The highest BCUT2D eigenvalue weighted by Crippen LogP contribution is 2.31. The van der Waals surface area contributed by atoms with Gasteiger partial charge in [0, 0.05) is 62.0 Å². The highest BCUT2D eigenvalue weighted by atomic mass is 19.1. The maximum Gasteiger partial charge on any atom is 0.175 e. The van der Waals surface area contributed by atoms with Crippen LogP contribution in [-0.2, 0) is 23.0 Å². The van der Waals surface area contributed by atoms with E-state index in [9.17, 15) is 4.79 Å². The number of carbonyl (C=O) groups excluding carboxylic acids is 1. The number of rotatable bonds is 5. The highest BCUT2D eigenvalue weighted by Gasteiger charge is 2.43. The zero-order chi connectivity index (χ0) is 20.7. The lowest BCUT2D eigenvalue weighted by atomic mass is 9.86. The molecule has 0 unspecified atom stereocenters. The standard InChI is InChI=1S/C23H25FN4O2/c1-27-13-19(12-26-27)16-2-3-17-11-25-20(9-18(17)8-16)10-22(29)23(24)4-6-28(7-5-23)21-14-30-15-21/h2-3,8-9,11-13,21H,4-7,10,14-15H2,1H3. The number of likely N-dealkylation sites (tertiary alicyclic amines) is 1. The minimum atomic E-state index is -1.75. The lowest BCUT2D eigenvalue weighted by Crippen LogP contribution is -2.55. The number of aryl methyl sites for hydroxylation is 1. The summed E-state index contributed by atoms with van der Waals surface area (Å²) >= 11 is 0. The number of nitrogens with zero attached hydrogens (tertiary/aromatic N) is 4. The van der Waals surface area contributed by atoms with Gasteiger partial charge in [-0.1, -0.05) is 12.1 Å². The van der Waals surface area contributed by atoms with Crippen molar-refractivity contribution in [3.8, 4) is 11.1 Å². The third-order valence-electron chi connectivity index (χ3n) is 6.39. The average Bonchev–Trinajstić information content (AvgIpc) is 3.14. The smallest absolute Gasteiger partial charge is 0.175 e. The Morgan fingerprint density at radius 1 is 1.17 bits per heavy atom. The molecule has 0 saturated carbocycles. The number of hydrogen-bond acceptors (Lipinski definition) is 5. The number of ether oxygens (including phenoxy) is 1. The predicted molar refractivity (Wildman–Crippen MR) is 112 cm³/mol. The van der Waals surface area contributed by atoms with Crippen LogP contribution >= 0.6 is 0 Å². The van der Waals surface area contributed by atoms with Crippen molar-refractivity contribution in [3.05, 3.63) is 48.5 Å². The first-order valence-electron chi connectivity index (χ1n) is 10.4. The number of piperidine rings is 1. The third-order valence-corrected chi connectivity index (χ3v) is 6.39. The summed E-state index contributed by atoms with van der Waals surface area (Å²) in [7, 11) is 1.88. The van der Waals surface area contributed by atoms with E-state index in [4.69, 9.17) is 4.74 Å². The summed E-state index contributed by atoms with van der Waals surface area (Å²) in [5, 5.41) is 6.20. The van der Waals surface area contributed by atoms with Crippen molar-refractivity contribution >= 4 is 16.6 Å². The van der Waals surface area contributed by atoms with Crippen LogP contribution in [0.15, 0.2) is 42.9 Å². The van der Waals surface area contributed by atoms with E-state index in [2.05, 4.69) is 21.0 Å². The van der Waals surface area contributed by atoms with E-state index >= 15 is 4.39 Å². The number of hydrogen-bond donors (Lipinski definition) is 0. The lowest BCUT2D eigenvalue weighted by molar-refractivity contribution is -0.136. The Balaban J connectivity index is 1.31. The summed E-state index contributed by atoms with van der Waals surface area (Å²) in [6, 6.07) is 8.39. The van der Waals surface area contributed by atoms with Crippen LogP contribution in [0.25, 0.3) is 21.9 Å². The van der Waals surface area contributed by atoms with Crippen LogP contribution in [0.1, 0.15) is 18.5 Å². The first-order valence-corrected chi connectivity index (χ1v) is 10.4. The van der Waals surface area contributed by atoms with Crippen LogP contribution < -0.4 is 0 Å². The molecule has 2 saturated heterocycles. The van der Waals surface area contributed by atoms with Gasteiger partial charge in [0.2, 0.25) is 0 Å². The number of benzene rings is 1. The number of carbonyl (C=O) groups is 1. The molecular formula is C23H25FN4O2. The first-order chi connectivity index (χ1) is 14.5. The maximum atomic E-state index is 15.4. The number of fused-ring (bicyclic) bond motifs is 1. The van der Waals surface area contributed by atoms with Crippen LogP contribution in [0.5, 0.6) is 0 Å².